The van der Waals surface area contributed by atoms with Crippen LogP contribution in [0.1, 0.15) is 22.9 Å². The fourth-order valence-corrected chi connectivity index (χ4v) is 6.12. The fourth-order valence-electron chi connectivity index (χ4n) is 4.56. The summed E-state index contributed by atoms with van der Waals surface area (Å²) >= 11 is 3.32. The summed E-state index contributed by atoms with van der Waals surface area (Å²) in [5, 5.41) is 12.2. The zero-order chi connectivity index (χ0) is 25.2. The number of methoxy groups -OCH3 is 2. The number of nitrogens with zero attached hydrogens (tertiary/aromatic N) is 3. The van der Waals surface area contributed by atoms with Gasteiger partial charge in [0.15, 0.2) is 11.5 Å². The lowest BCUT2D eigenvalue weighted by atomic mass is 10.0. The molecular weight excluding hydrogens is 498 g/mol. The molecule has 7 heteroatoms. The van der Waals surface area contributed by atoms with Crippen LogP contribution in [0.4, 0.5) is 5.13 Å². The standard InChI is InChI=1S/C30H25N3O2S2/c1-34-27-15-14-23(17-28(27)35-2)26-18-24(29-9-6-16-36-29)32-33(26)30-31-25(19-37-30)22-12-10-21(11-13-22)20-7-4-3-5-8-20/h3-17,19,26H,18H2,1-2H3/t26-/m1/s1. The highest BCUT2D eigenvalue weighted by molar-refractivity contribution is 7.14. The summed E-state index contributed by atoms with van der Waals surface area (Å²) in [5.41, 5.74) is 6.61. The smallest absolute Gasteiger partial charge is 0.207 e. The summed E-state index contributed by atoms with van der Waals surface area (Å²) in [6, 6.07) is 29.3. The molecule has 5 nitrogen and oxygen atoms in total. The van der Waals surface area contributed by atoms with Crippen LogP contribution in [0.2, 0.25) is 0 Å². The summed E-state index contributed by atoms with van der Waals surface area (Å²) in [4.78, 5) is 6.20. The molecular formula is C30H25N3O2S2. The topological polar surface area (TPSA) is 47.0 Å². The first kappa shape index (κ1) is 23.5. The van der Waals surface area contributed by atoms with E-state index < -0.39 is 0 Å². The summed E-state index contributed by atoms with van der Waals surface area (Å²) in [6.45, 7) is 0. The lowest BCUT2D eigenvalue weighted by molar-refractivity contribution is 0.354. The molecule has 3 aromatic carbocycles. The van der Waals surface area contributed by atoms with E-state index in [0.717, 1.165) is 34.1 Å². The molecule has 5 aromatic rings. The number of thiophene rings is 1. The molecule has 184 valence electrons. The number of aromatic nitrogens is 1. The van der Waals surface area contributed by atoms with Crippen LogP contribution in [-0.4, -0.2) is 24.9 Å². The zero-order valence-electron chi connectivity index (χ0n) is 20.5. The first-order valence-corrected chi connectivity index (χ1v) is 13.7. The molecule has 0 radical (unpaired) electrons. The highest BCUT2D eigenvalue weighted by atomic mass is 32.1. The molecule has 0 unspecified atom stereocenters. The maximum absolute atomic E-state index is 5.59. The lowest BCUT2D eigenvalue weighted by Gasteiger charge is -2.22. The number of hydrogen-bond donors (Lipinski definition) is 0. The molecule has 37 heavy (non-hydrogen) atoms. The molecule has 1 atom stereocenters. The predicted molar refractivity (Wildman–Crippen MR) is 153 cm³/mol. The van der Waals surface area contributed by atoms with E-state index in [4.69, 9.17) is 19.6 Å². The minimum absolute atomic E-state index is 0.0105. The van der Waals surface area contributed by atoms with E-state index in [-0.39, 0.29) is 6.04 Å². The van der Waals surface area contributed by atoms with Gasteiger partial charge >= 0.3 is 0 Å². The van der Waals surface area contributed by atoms with Gasteiger partial charge in [-0.1, -0.05) is 66.7 Å². The van der Waals surface area contributed by atoms with Gasteiger partial charge in [-0.3, -0.25) is 0 Å². The van der Waals surface area contributed by atoms with Crippen molar-refractivity contribution in [3.63, 3.8) is 0 Å². The third-order valence-electron chi connectivity index (χ3n) is 6.48. The Hall–Kier alpha value is -3.94. The van der Waals surface area contributed by atoms with Crippen molar-refractivity contribution in [3.8, 4) is 33.9 Å². The van der Waals surface area contributed by atoms with Crippen LogP contribution in [0.25, 0.3) is 22.4 Å². The molecule has 6 rings (SSSR count). The second kappa shape index (κ2) is 10.2. The first-order chi connectivity index (χ1) is 18.2. The van der Waals surface area contributed by atoms with Crippen molar-refractivity contribution in [1.82, 2.24) is 4.98 Å². The molecule has 1 aliphatic rings. The van der Waals surface area contributed by atoms with Crippen molar-refractivity contribution in [3.05, 3.63) is 106 Å². The van der Waals surface area contributed by atoms with E-state index in [1.54, 1.807) is 36.9 Å². The van der Waals surface area contributed by atoms with Gasteiger partial charge in [-0.25, -0.2) is 9.99 Å². The number of thiazole rings is 1. The van der Waals surface area contributed by atoms with E-state index in [1.807, 2.05) is 18.2 Å². The Balaban J connectivity index is 1.33. The molecule has 0 fully saturated rings. The molecule has 0 amide bonds. The maximum atomic E-state index is 5.59. The average Bonchev–Trinajstić information content (AvgIpc) is 3.74. The number of benzene rings is 3. The van der Waals surface area contributed by atoms with Crippen LogP contribution in [0.5, 0.6) is 11.5 Å². The van der Waals surface area contributed by atoms with Crippen molar-refractivity contribution in [1.29, 1.82) is 0 Å². The molecule has 0 spiro atoms. The largest absolute Gasteiger partial charge is 0.493 e. The molecule has 0 N–H and O–H groups in total. The minimum Gasteiger partial charge on any atom is -0.493 e. The van der Waals surface area contributed by atoms with Crippen LogP contribution < -0.4 is 14.5 Å². The van der Waals surface area contributed by atoms with Gasteiger partial charge in [0, 0.05) is 17.4 Å². The first-order valence-electron chi connectivity index (χ1n) is 12.0. The van der Waals surface area contributed by atoms with Crippen molar-refractivity contribution in [2.24, 2.45) is 5.10 Å². The Bertz CT molecular complexity index is 1530. The summed E-state index contributed by atoms with van der Waals surface area (Å²) in [6.07, 6.45) is 0.788. The number of ether oxygens (including phenoxy) is 2. The van der Waals surface area contributed by atoms with Gasteiger partial charge in [-0.05, 0) is 40.3 Å². The molecule has 1 aliphatic heterocycles. The quantitative estimate of drug-likeness (QED) is 0.217. The average molecular weight is 524 g/mol. The lowest BCUT2D eigenvalue weighted by Crippen LogP contribution is -2.18. The van der Waals surface area contributed by atoms with Crippen LogP contribution in [0, 0.1) is 0 Å². The molecule has 3 heterocycles. The Morgan fingerprint density at radius 2 is 1.54 bits per heavy atom. The van der Waals surface area contributed by atoms with Gasteiger partial charge < -0.3 is 9.47 Å². The number of rotatable bonds is 7. The van der Waals surface area contributed by atoms with Gasteiger partial charge in [0.2, 0.25) is 5.13 Å². The Morgan fingerprint density at radius 1 is 0.784 bits per heavy atom. The Labute approximate surface area is 224 Å². The molecule has 0 saturated carbocycles. The van der Waals surface area contributed by atoms with E-state index in [0.29, 0.717) is 11.5 Å². The van der Waals surface area contributed by atoms with Gasteiger partial charge in [-0.2, -0.15) is 5.10 Å². The highest BCUT2D eigenvalue weighted by Gasteiger charge is 2.32. The second-order valence-electron chi connectivity index (χ2n) is 8.66. The normalized spacial score (nSPS) is 15.0. The highest BCUT2D eigenvalue weighted by Crippen LogP contribution is 2.42. The second-order valence-corrected chi connectivity index (χ2v) is 10.4. The fraction of sp³-hybridized carbons (Fsp3) is 0.133. The van der Waals surface area contributed by atoms with Crippen molar-refractivity contribution in [2.75, 3.05) is 19.2 Å². The molecule has 0 aliphatic carbocycles. The van der Waals surface area contributed by atoms with E-state index in [1.165, 1.54) is 16.0 Å². The summed E-state index contributed by atoms with van der Waals surface area (Å²) in [5.74, 6) is 1.42. The monoisotopic (exact) mass is 523 g/mol. The summed E-state index contributed by atoms with van der Waals surface area (Å²) in [7, 11) is 3.32. The van der Waals surface area contributed by atoms with Crippen LogP contribution in [0.15, 0.2) is 101 Å². The molecule has 0 bridgehead atoms. The SMILES string of the molecule is COc1ccc([C@H]2CC(c3cccs3)=NN2c2nc(-c3ccc(-c4ccccc4)cc3)cs2)cc1OC. The minimum atomic E-state index is 0.0105. The molecule has 2 aromatic heterocycles. The van der Waals surface area contributed by atoms with Crippen LogP contribution >= 0.6 is 22.7 Å². The molecule has 0 saturated heterocycles. The van der Waals surface area contributed by atoms with Crippen LogP contribution in [0.3, 0.4) is 0 Å². The van der Waals surface area contributed by atoms with E-state index in [9.17, 15) is 0 Å². The third kappa shape index (κ3) is 4.63. The van der Waals surface area contributed by atoms with Crippen molar-refractivity contribution in [2.45, 2.75) is 12.5 Å². The van der Waals surface area contributed by atoms with Crippen LogP contribution in [-0.2, 0) is 0 Å². The van der Waals surface area contributed by atoms with Gasteiger partial charge in [0.05, 0.1) is 36.5 Å². The third-order valence-corrected chi connectivity index (χ3v) is 8.23. The Morgan fingerprint density at radius 3 is 2.27 bits per heavy atom. The van der Waals surface area contributed by atoms with E-state index >= 15 is 0 Å². The maximum Gasteiger partial charge on any atom is 0.207 e. The van der Waals surface area contributed by atoms with Crippen molar-refractivity contribution < 1.29 is 9.47 Å². The number of hydrogen-bond acceptors (Lipinski definition) is 7. The van der Waals surface area contributed by atoms with Gasteiger partial charge in [0.1, 0.15) is 0 Å². The number of hydrazone groups is 1. The summed E-state index contributed by atoms with van der Waals surface area (Å²) < 4.78 is 11.0. The van der Waals surface area contributed by atoms with Gasteiger partial charge in [0.25, 0.3) is 0 Å². The predicted octanol–water partition coefficient (Wildman–Crippen LogP) is 7.91. The van der Waals surface area contributed by atoms with E-state index in [2.05, 4.69) is 82.5 Å². The zero-order valence-corrected chi connectivity index (χ0v) is 22.1. The number of anilines is 1. The van der Waals surface area contributed by atoms with Crippen molar-refractivity contribution >= 4 is 33.5 Å². The Kier molecular flexibility index (Phi) is 6.47. The van der Waals surface area contributed by atoms with Gasteiger partial charge in [-0.15, -0.1) is 22.7 Å².